The first-order valence-corrected chi connectivity index (χ1v) is 7.84. The number of furan rings is 1. The van der Waals surface area contributed by atoms with Crippen LogP contribution in [0.1, 0.15) is 23.4 Å². The van der Waals surface area contributed by atoms with E-state index in [0.29, 0.717) is 23.6 Å². The molecule has 1 saturated carbocycles. The van der Waals surface area contributed by atoms with Crippen LogP contribution in [-0.2, 0) is 0 Å². The summed E-state index contributed by atoms with van der Waals surface area (Å²) in [5.74, 6) is 0.458. The lowest BCUT2D eigenvalue weighted by Crippen LogP contribution is -2.44. The Morgan fingerprint density at radius 2 is 1.87 bits per heavy atom. The van der Waals surface area contributed by atoms with Gasteiger partial charge in [-0.1, -0.05) is 11.6 Å². The highest BCUT2D eigenvalue weighted by Gasteiger charge is 2.38. The fourth-order valence-electron chi connectivity index (χ4n) is 2.91. The Morgan fingerprint density at radius 3 is 2.48 bits per heavy atom. The van der Waals surface area contributed by atoms with E-state index in [1.165, 1.54) is 4.90 Å². The number of amides is 1. The minimum absolute atomic E-state index is 0.200. The van der Waals surface area contributed by atoms with Gasteiger partial charge < -0.3 is 19.5 Å². The molecule has 0 spiro atoms. The number of hydrogen-bond acceptors (Lipinski definition) is 4. The molecule has 2 N–H and O–H groups in total. The molecule has 1 aliphatic carbocycles. The van der Waals surface area contributed by atoms with Crippen molar-refractivity contribution in [3.8, 4) is 11.3 Å². The molecule has 2 aromatic rings. The minimum Gasteiger partial charge on any atom is -0.451 e. The summed E-state index contributed by atoms with van der Waals surface area (Å²) in [6.07, 6.45) is -0.654. The molecule has 122 valence electrons. The van der Waals surface area contributed by atoms with Crippen molar-refractivity contribution in [3.63, 3.8) is 0 Å². The zero-order valence-electron chi connectivity index (χ0n) is 12.6. The largest absolute Gasteiger partial charge is 0.451 e. The number of aliphatic hydroxyl groups is 2. The number of carbonyl (C=O) groups is 1. The van der Waals surface area contributed by atoms with E-state index in [1.807, 2.05) is 12.1 Å². The zero-order chi connectivity index (χ0) is 16.6. The van der Waals surface area contributed by atoms with E-state index in [-0.39, 0.29) is 11.7 Å². The van der Waals surface area contributed by atoms with Gasteiger partial charge in [0.25, 0.3) is 5.91 Å². The van der Waals surface area contributed by atoms with Gasteiger partial charge in [-0.3, -0.25) is 4.79 Å². The van der Waals surface area contributed by atoms with E-state index in [1.54, 1.807) is 31.3 Å². The number of carbonyl (C=O) groups excluding carboxylic acids is 1. The number of likely N-dealkylation sites (N-methyl/N-ethyl adjacent to an activating group) is 1. The van der Waals surface area contributed by atoms with Crippen LogP contribution in [0, 0.1) is 0 Å². The van der Waals surface area contributed by atoms with Crippen molar-refractivity contribution < 1.29 is 19.4 Å². The van der Waals surface area contributed by atoms with Gasteiger partial charge in [0, 0.05) is 17.6 Å². The maximum absolute atomic E-state index is 12.5. The Morgan fingerprint density at radius 1 is 1.17 bits per heavy atom. The quantitative estimate of drug-likeness (QED) is 0.904. The van der Waals surface area contributed by atoms with Crippen LogP contribution in [0.5, 0.6) is 0 Å². The predicted octanol–water partition coefficient (Wildman–Crippen LogP) is 2.56. The number of halogens is 1. The van der Waals surface area contributed by atoms with Crippen LogP contribution >= 0.6 is 11.6 Å². The van der Waals surface area contributed by atoms with Gasteiger partial charge in [-0.15, -0.1) is 0 Å². The summed E-state index contributed by atoms with van der Waals surface area (Å²) in [5.41, 5.74) is 0.826. The zero-order valence-corrected chi connectivity index (χ0v) is 13.4. The molecule has 0 saturated heterocycles. The van der Waals surface area contributed by atoms with Crippen molar-refractivity contribution >= 4 is 17.5 Å². The summed E-state index contributed by atoms with van der Waals surface area (Å²) in [6.45, 7) is 0. The van der Waals surface area contributed by atoms with Crippen LogP contribution in [0.4, 0.5) is 0 Å². The summed E-state index contributed by atoms with van der Waals surface area (Å²) in [6, 6.07) is 10.1. The molecule has 1 aromatic heterocycles. The maximum Gasteiger partial charge on any atom is 0.289 e. The lowest BCUT2D eigenvalue weighted by Gasteiger charge is -2.26. The minimum atomic E-state index is -0.922. The van der Waals surface area contributed by atoms with Gasteiger partial charge in [0.15, 0.2) is 5.76 Å². The monoisotopic (exact) mass is 335 g/mol. The third-order valence-corrected chi connectivity index (χ3v) is 4.56. The molecular weight excluding hydrogens is 318 g/mol. The second kappa shape index (κ2) is 6.35. The standard InChI is InChI=1S/C17H18ClNO4/c1-19(12-6-7-13(20)16(12)21)17(22)15-9-8-14(23-15)10-2-4-11(18)5-3-10/h2-5,8-9,12-13,16,20-21H,6-7H2,1H3/t12-,13-,16-/m1/s1. The molecule has 5 nitrogen and oxygen atoms in total. The number of benzene rings is 1. The average molecular weight is 336 g/mol. The van der Waals surface area contributed by atoms with Gasteiger partial charge >= 0.3 is 0 Å². The summed E-state index contributed by atoms with van der Waals surface area (Å²) in [4.78, 5) is 13.9. The lowest BCUT2D eigenvalue weighted by atomic mass is 10.1. The number of nitrogens with zero attached hydrogens (tertiary/aromatic N) is 1. The molecular formula is C17H18ClNO4. The Hall–Kier alpha value is -1.82. The first-order chi connectivity index (χ1) is 11.0. The molecule has 0 bridgehead atoms. The molecule has 1 heterocycles. The molecule has 1 aromatic carbocycles. The molecule has 1 aliphatic rings. The van der Waals surface area contributed by atoms with E-state index in [0.717, 1.165) is 5.56 Å². The van der Waals surface area contributed by atoms with E-state index < -0.39 is 18.2 Å². The van der Waals surface area contributed by atoms with Crippen LogP contribution in [0.25, 0.3) is 11.3 Å². The molecule has 0 unspecified atom stereocenters. The molecule has 6 heteroatoms. The van der Waals surface area contributed by atoms with Crippen molar-refractivity contribution in [3.05, 3.63) is 47.2 Å². The SMILES string of the molecule is CN(C(=O)c1ccc(-c2ccc(Cl)cc2)o1)[C@@H]1CC[C@@H](O)[C@@H]1O. The maximum atomic E-state index is 12.5. The molecule has 1 amide bonds. The third kappa shape index (κ3) is 3.13. The highest BCUT2D eigenvalue weighted by atomic mass is 35.5. The Kier molecular flexibility index (Phi) is 4.43. The van der Waals surface area contributed by atoms with E-state index in [4.69, 9.17) is 16.0 Å². The molecule has 1 fully saturated rings. The van der Waals surface area contributed by atoms with E-state index >= 15 is 0 Å². The van der Waals surface area contributed by atoms with Crippen LogP contribution in [0.15, 0.2) is 40.8 Å². The number of hydrogen-bond donors (Lipinski definition) is 2. The number of aliphatic hydroxyl groups excluding tert-OH is 2. The summed E-state index contributed by atoms with van der Waals surface area (Å²) < 4.78 is 5.64. The first-order valence-electron chi connectivity index (χ1n) is 7.46. The molecule has 3 rings (SSSR count). The van der Waals surface area contributed by atoms with Crippen molar-refractivity contribution in [2.75, 3.05) is 7.05 Å². The van der Waals surface area contributed by atoms with Crippen molar-refractivity contribution in [1.29, 1.82) is 0 Å². The molecule has 3 atom stereocenters. The molecule has 0 aliphatic heterocycles. The highest BCUT2D eigenvalue weighted by molar-refractivity contribution is 6.30. The van der Waals surface area contributed by atoms with Gasteiger partial charge in [-0.2, -0.15) is 0 Å². The topological polar surface area (TPSA) is 73.9 Å². The Bertz CT molecular complexity index is 697. The fourth-order valence-corrected chi connectivity index (χ4v) is 3.03. The summed E-state index contributed by atoms with van der Waals surface area (Å²) in [5, 5.41) is 20.2. The Labute approximate surface area is 139 Å². The van der Waals surface area contributed by atoms with Gasteiger partial charge in [-0.05, 0) is 49.2 Å². The van der Waals surface area contributed by atoms with Crippen molar-refractivity contribution in [2.45, 2.75) is 31.1 Å². The third-order valence-electron chi connectivity index (χ3n) is 4.31. The predicted molar refractivity (Wildman–Crippen MR) is 86.3 cm³/mol. The smallest absolute Gasteiger partial charge is 0.289 e. The Balaban J connectivity index is 1.77. The van der Waals surface area contributed by atoms with Crippen LogP contribution in [0.3, 0.4) is 0 Å². The fraction of sp³-hybridized carbons (Fsp3) is 0.353. The average Bonchev–Trinajstić information content (AvgIpc) is 3.15. The van der Waals surface area contributed by atoms with Crippen LogP contribution in [0.2, 0.25) is 5.02 Å². The van der Waals surface area contributed by atoms with E-state index in [2.05, 4.69) is 0 Å². The van der Waals surface area contributed by atoms with Gasteiger partial charge in [-0.25, -0.2) is 0 Å². The van der Waals surface area contributed by atoms with Gasteiger partial charge in [0.1, 0.15) is 11.9 Å². The second-order valence-electron chi connectivity index (χ2n) is 5.79. The summed E-state index contributed by atoms with van der Waals surface area (Å²) in [7, 11) is 1.61. The van der Waals surface area contributed by atoms with Crippen molar-refractivity contribution in [1.82, 2.24) is 4.90 Å². The van der Waals surface area contributed by atoms with Gasteiger partial charge in [0.2, 0.25) is 0 Å². The van der Waals surface area contributed by atoms with E-state index in [9.17, 15) is 15.0 Å². The normalized spacial score (nSPS) is 23.9. The molecule has 23 heavy (non-hydrogen) atoms. The number of rotatable bonds is 3. The molecule has 0 radical (unpaired) electrons. The highest BCUT2D eigenvalue weighted by Crippen LogP contribution is 2.27. The van der Waals surface area contributed by atoms with Gasteiger partial charge in [0.05, 0.1) is 12.1 Å². The van der Waals surface area contributed by atoms with Crippen LogP contribution in [-0.4, -0.2) is 46.3 Å². The van der Waals surface area contributed by atoms with Crippen LogP contribution < -0.4 is 0 Å². The lowest BCUT2D eigenvalue weighted by molar-refractivity contribution is 0.00579. The van der Waals surface area contributed by atoms with Crippen molar-refractivity contribution in [2.24, 2.45) is 0 Å². The second-order valence-corrected chi connectivity index (χ2v) is 6.23. The first kappa shape index (κ1) is 16.1. The summed E-state index contributed by atoms with van der Waals surface area (Å²) >= 11 is 5.86.